The highest BCUT2D eigenvalue weighted by atomic mass is 32.2. The first-order valence-corrected chi connectivity index (χ1v) is 23.4. The molecular weight excluding hydrogens is 813 g/mol. The van der Waals surface area contributed by atoms with Crippen molar-refractivity contribution in [1.82, 2.24) is 0 Å². The van der Waals surface area contributed by atoms with Crippen LogP contribution in [0.2, 0.25) is 0 Å². The molecule has 0 aliphatic carbocycles. The largest absolute Gasteiger partial charge is 0.462 e. The van der Waals surface area contributed by atoms with E-state index in [0.29, 0.717) is 19.3 Å². The van der Waals surface area contributed by atoms with Crippen LogP contribution in [0.25, 0.3) is 0 Å². The number of aliphatic hydroxyl groups excluding tert-OH is 3. The summed E-state index contributed by atoms with van der Waals surface area (Å²) in [5.74, 6) is -2.16. The van der Waals surface area contributed by atoms with Crippen molar-refractivity contribution < 1.29 is 56.8 Å². The molecule has 0 bridgehead atoms. The Balaban J connectivity index is 2.53. The summed E-state index contributed by atoms with van der Waals surface area (Å²) < 4.78 is 53.9. The first-order valence-electron chi connectivity index (χ1n) is 21.8. The second-order valence-electron chi connectivity index (χ2n) is 14.4. The number of hydrogen-bond acceptors (Lipinski definition) is 11. The molecule has 0 amide bonds. The highest BCUT2D eigenvalue weighted by Crippen LogP contribution is 2.23. The molecule has 0 spiro atoms. The number of carbonyl (C=O) groups excluding carboxylic acids is 2. The number of ether oxygens (including phenoxy) is 4. The van der Waals surface area contributed by atoms with E-state index < -0.39 is 71.2 Å². The molecule has 0 aromatic heterocycles. The van der Waals surface area contributed by atoms with Gasteiger partial charge in [0.15, 0.2) is 12.4 Å². The van der Waals surface area contributed by atoms with E-state index in [9.17, 15) is 37.9 Å². The van der Waals surface area contributed by atoms with Gasteiger partial charge in [0.25, 0.3) is 10.1 Å². The molecule has 0 radical (unpaired) electrons. The molecule has 13 heteroatoms. The lowest BCUT2D eigenvalue weighted by Gasteiger charge is -2.40. The van der Waals surface area contributed by atoms with Crippen LogP contribution >= 0.6 is 0 Å². The third-order valence-electron chi connectivity index (χ3n) is 8.85. The van der Waals surface area contributed by atoms with Crippen LogP contribution in [-0.4, -0.2) is 96.0 Å². The monoisotopic (exact) mass is 884 g/mol. The van der Waals surface area contributed by atoms with E-state index >= 15 is 0 Å². The molecule has 1 saturated heterocycles. The van der Waals surface area contributed by atoms with Crippen molar-refractivity contribution in [3.63, 3.8) is 0 Å². The summed E-state index contributed by atoms with van der Waals surface area (Å²) in [6.45, 7) is 3.36. The molecule has 1 aliphatic heterocycles. The SMILES string of the molecule is CC/C=C/C=C/C=C/C=C/C=C/CCCC(=O)OC(COC(=O)CCCC/C=C/C/C=C/C/C=C/C/C=C/C/C=C/C/C=C/CC)CO[C@H]1O[C@H](CS(=O)(=O)O)[C@@H](O)C(O)C1O. The minimum absolute atomic E-state index is 0.0486. The lowest BCUT2D eigenvalue weighted by Crippen LogP contribution is -2.60. The third kappa shape index (κ3) is 31.6. The summed E-state index contributed by atoms with van der Waals surface area (Å²) >= 11 is 0. The lowest BCUT2D eigenvalue weighted by molar-refractivity contribution is -0.297. The first kappa shape index (κ1) is 55.8. The molecule has 0 saturated carbocycles. The quantitative estimate of drug-likeness (QED) is 0.0162. The Morgan fingerprint density at radius 3 is 1.60 bits per heavy atom. The van der Waals surface area contributed by atoms with Crippen LogP contribution in [-0.2, 0) is 38.7 Å². The Bertz CT molecular complexity index is 1650. The Hall–Kier alpha value is -4.21. The summed E-state index contributed by atoms with van der Waals surface area (Å²) in [5.41, 5.74) is 0. The van der Waals surface area contributed by atoms with E-state index in [4.69, 9.17) is 18.9 Å². The average Bonchev–Trinajstić information content (AvgIpc) is 3.24. The van der Waals surface area contributed by atoms with Crippen LogP contribution in [0, 0.1) is 0 Å². The molecule has 1 fully saturated rings. The molecule has 0 aromatic rings. The average molecular weight is 885 g/mol. The summed E-state index contributed by atoms with van der Waals surface area (Å²) in [6, 6.07) is 0. The van der Waals surface area contributed by atoms with Gasteiger partial charge in [-0.25, -0.2) is 0 Å². The van der Waals surface area contributed by atoms with Gasteiger partial charge in [-0.1, -0.05) is 148 Å². The molecule has 3 unspecified atom stereocenters. The fourth-order valence-corrected chi connectivity index (χ4v) is 6.22. The first-order chi connectivity index (χ1) is 30.0. The van der Waals surface area contributed by atoms with Gasteiger partial charge in [-0.15, -0.1) is 0 Å². The van der Waals surface area contributed by atoms with Crippen LogP contribution in [0.5, 0.6) is 0 Å². The molecule has 12 nitrogen and oxygen atoms in total. The van der Waals surface area contributed by atoms with Crippen LogP contribution < -0.4 is 0 Å². The fraction of sp³-hybridized carbons (Fsp3) is 0.510. The van der Waals surface area contributed by atoms with Gasteiger partial charge in [0, 0.05) is 12.8 Å². The van der Waals surface area contributed by atoms with Crippen LogP contribution in [0.1, 0.15) is 104 Å². The molecular formula is C49H72O12S. The van der Waals surface area contributed by atoms with Crippen molar-refractivity contribution in [3.05, 3.63) is 134 Å². The minimum atomic E-state index is -4.63. The van der Waals surface area contributed by atoms with Gasteiger partial charge in [-0.3, -0.25) is 14.1 Å². The highest BCUT2D eigenvalue weighted by Gasteiger charge is 2.46. The van der Waals surface area contributed by atoms with E-state index in [1.807, 2.05) is 54.7 Å². The van der Waals surface area contributed by atoms with Gasteiger partial charge in [-0.05, 0) is 77.0 Å². The van der Waals surface area contributed by atoms with Gasteiger partial charge in [-0.2, -0.15) is 8.42 Å². The van der Waals surface area contributed by atoms with Crippen molar-refractivity contribution in [2.75, 3.05) is 19.0 Å². The fourth-order valence-electron chi connectivity index (χ4n) is 5.53. The van der Waals surface area contributed by atoms with Crippen LogP contribution in [0.15, 0.2) is 134 Å². The molecule has 62 heavy (non-hydrogen) atoms. The Labute approximate surface area is 370 Å². The maximum atomic E-state index is 12.7. The molecule has 346 valence electrons. The van der Waals surface area contributed by atoms with E-state index in [-0.39, 0.29) is 19.4 Å². The van der Waals surface area contributed by atoms with Crippen molar-refractivity contribution in [2.24, 2.45) is 0 Å². The zero-order valence-electron chi connectivity index (χ0n) is 36.6. The third-order valence-corrected chi connectivity index (χ3v) is 9.60. The van der Waals surface area contributed by atoms with Crippen molar-refractivity contribution in [2.45, 2.75) is 141 Å². The standard InChI is InChI=1S/C49H72O12S/c1-3-5-7-9-11-13-15-17-18-19-20-21-22-23-24-26-27-29-31-33-35-37-44(50)58-39-42(40-59-49-48(54)47(53)46(52)43(61-49)41-62(55,56)57)60-45(51)38-36-34-32-30-28-25-16-14-12-10-8-6-4-2/h5-8,10-14,16-18,20-21,23-25,27-30,32,42-43,46-49,52-54H,3-4,9,15,19,22,26,31,33-41H2,1-2H3,(H,55,56,57)/b7-5+,8-6+,12-10+,13-11+,16-14+,18-17+,21-20+,24-23+,28-25+,29-27+,32-30+/t42?,43-,46-,47?,48?,49+/m1/s1. The van der Waals surface area contributed by atoms with E-state index in [2.05, 4.69) is 92.8 Å². The van der Waals surface area contributed by atoms with E-state index in [0.717, 1.165) is 57.8 Å². The number of rotatable bonds is 33. The smallest absolute Gasteiger partial charge is 0.306 e. The zero-order chi connectivity index (χ0) is 45.5. The Morgan fingerprint density at radius 1 is 0.565 bits per heavy atom. The van der Waals surface area contributed by atoms with E-state index in [1.54, 1.807) is 0 Å². The van der Waals surface area contributed by atoms with Crippen LogP contribution in [0.3, 0.4) is 0 Å². The zero-order valence-corrected chi connectivity index (χ0v) is 37.5. The van der Waals surface area contributed by atoms with Crippen molar-refractivity contribution >= 4 is 22.1 Å². The summed E-state index contributed by atoms with van der Waals surface area (Å²) in [6.07, 6.45) is 45.2. The summed E-state index contributed by atoms with van der Waals surface area (Å²) in [5, 5.41) is 30.8. The number of allylic oxidation sites excluding steroid dienone is 22. The number of hydrogen-bond donors (Lipinski definition) is 4. The van der Waals surface area contributed by atoms with Gasteiger partial charge < -0.3 is 34.3 Å². The number of carbonyl (C=O) groups is 2. The molecule has 1 aliphatic rings. The Morgan fingerprint density at radius 2 is 1.05 bits per heavy atom. The Kier molecular flexibility index (Phi) is 33.6. The van der Waals surface area contributed by atoms with Gasteiger partial charge in [0.1, 0.15) is 36.8 Å². The summed E-state index contributed by atoms with van der Waals surface area (Å²) in [7, 11) is -4.63. The number of aliphatic hydroxyl groups is 3. The maximum Gasteiger partial charge on any atom is 0.306 e. The van der Waals surface area contributed by atoms with E-state index in [1.165, 1.54) is 0 Å². The number of unbranched alkanes of at least 4 members (excludes halogenated alkanes) is 3. The predicted molar refractivity (Wildman–Crippen MR) is 246 cm³/mol. The topological polar surface area (TPSA) is 186 Å². The van der Waals surface area contributed by atoms with Gasteiger partial charge >= 0.3 is 11.9 Å². The maximum absolute atomic E-state index is 12.7. The molecule has 0 aromatic carbocycles. The second kappa shape index (κ2) is 37.4. The molecule has 6 atom stereocenters. The lowest BCUT2D eigenvalue weighted by atomic mass is 10.00. The highest BCUT2D eigenvalue weighted by molar-refractivity contribution is 7.85. The molecule has 1 rings (SSSR count). The molecule has 1 heterocycles. The van der Waals surface area contributed by atoms with Gasteiger partial charge in [0.2, 0.25) is 0 Å². The normalized spacial score (nSPS) is 21.2. The molecule has 4 N–H and O–H groups in total. The van der Waals surface area contributed by atoms with Gasteiger partial charge in [0.05, 0.1) is 6.61 Å². The number of esters is 2. The van der Waals surface area contributed by atoms with Crippen LogP contribution in [0.4, 0.5) is 0 Å². The predicted octanol–water partition coefficient (Wildman–Crippen LogP) is 8.77. The van der Waals surface area contributed by atoms with Crippen molar-refractivity contribution in [1.29, 1.82) is 0 Å². The summed E-state index contributed by atoms with van der Waals surface area (Å²) in [4.78, 5) is 25.3. The minimum Gasteiger partial charge on any atom is -0.462 e. The van der Waals surface area contributed by atoms with Crippen molar-refractivity contribution in [3.8, 4) is 0 Å². The second-order valence-corrected chi connectivity index (χ2v) is 15.9.